The molecule has 5 rings (SSSR count). The van der Waals surface area contributed by atoms with Gasteiger partial charge in [-0.1, -0.05) is 18.2 Å². The molecule has 0 spiro atoms. The SMILES string of the molecule is C(=C\c1nc2ccc(N3CCOCCOCCOCCOCC3)cc2s1)/c1ccc(N2CCSCCSCCSCCSCC2)cc1. The zero-order chi connectivity index (χ0) is 32.2. The Morgan fingerprint density at radius 3 is 1.57 bits per heavy atom. The molecule has 47 heavy (non-hydrogen) atoms. The van der Waals surface area contributed by atoms with Crippen molar-refractivity contribution in [3.05, 3.63) is 53.0 Å². The predicted octanol–water partition coefficient (Wildman–Crippen LogP) is 7.11. The van der Waals surface area contributed by atoms with Crippen LogP contribution >= 0.6 is 58.4 Å². The zero-order valence-electron chi connectivity index (χ0n) is 27.4. The highest BCUT2D eigenvalue weighted by Crippen LogP contribution is 2.29. The van der Waals surface area contributed by atoms with Crippen molar-refractivity contribution in [3.63, 3.8) is 0 Å². The maximum atomic E-state index is 5.84. The lowest BCUT2D eigenvalue weighted by Gasteiger charge is -2.25. The fraction of sp³-hybridized carbons (Fsp3) is 0.571. The van der Waals surface area contributed by atoms with Gasteiger partial charge >= 0.3 is 0 Å². The van der Waals surface area contributed by atoms with Crippen LogP contribution in [-0.2, 0) is 18.9 Å². The first-order chi connectivity index (χ1) is 23.3. The number of rotatable bonds is 4. The fourth-order valence-corrected chi connectivity index (χ4v) is 10.4. The van der Waals surface area contributed by atoms with E-state index >= 15 is 0 Å². The topological polar surface area (TPSA) is 56.3 Å². The van der Waals surface area contributed by atoms with Gasteiger partial charge in [-0.25, -0.2) is 4.98 Å². The normalized spacial score (nSPS) is 20.3. The molecule has 3 heterocycles. The summed E-state index contributed by atoms with van der Waals surface area (Å²) in [4.78, 5) is 9.81. The number of nitrogens with zero attached hydrogens (tertiary/aromatic N) is 3. The van der Waals surface area contributed by atoms with E-state index in [1.54, 1.807) is 11.3 Å². The smallest absolute Gasteiger partial charge is 0.117 e. The van der Waals surface area contributed by atoms with E-state index in [0.29, 0.717) is 52.9 Å². The highest BCUT2D eigenvalue weighted by atomic mass is 32.2. The number of benzene rings is 2. The monoisotopic (exact) mass is 735 g/mol. The molecule has 2 aliphatic rings. The van der Waals surface area contributed by atoms with Crippen LogP contribution in [0.25, 0.3) is 22.4 Å². The lowest BCUT2D eigenvalue weighted by atomic mass is 10.2. The third-order valence-electron chi connectivity index (χ3n) is 7.68. The summed E-state index contributed by atoms with van der Waals surface area (Å²) in [6.07, 6.45) is 4.32. The van der Waals surface area contributed by atoms with Gasteiger partial charge in [0.05, 0.1) is 63.1 Å². The minimum atomic E-state index is 0.586. The molecule has 2 aromatic carbocycles. The number of thioether (sulfide) groups is 4. The fourth-order valence-electron chi connectivity index (χ4n) is 5.13. The van der Waals surface area contributed by atoms with Crippen LogP contribution in [0.4, 0.5) is 11.4 Å². The van der Waals surface area contributed by atoms with Crippen molar-refractivity contribution in [2.75, 3.05) is 135 Å². The summed E-state index contributed by atoms with van der Waals surface area (Å²) in [5.41, 5.74) is 4.71. The molecule has 2 aliphatic heterocycles. The van der Waals surface area contributed by atoms with E-state index in [2.05, 4.69) is 111 Å². The summed E-state index contributed by atoms with van der Waals surface area (Å²) in [7, 11) is 0. The lowest BCUT2D eigenvalue weighted by Crippen LogP contribution is -2.31. The molecule has 0 N–H and O–H groups in total. The van der Waals surface area contributed by atoms with E-state index < -0.39 is 0 Å². The molecule has 0 amide bonds. The second-order valence-electron chi connectivity index (χ2n) is 11.0. The van der Waals surface area contributed by atoms with Gasteiger partial charge in [-0.3, -0.25) is 0 Å². The molecular formula is C35H49N3O4S5. The maximum Gasteiger partial charge on any atom is 0.117 e. The summed E-state index contributed by atoms with van der Waals surface area (Å²) in [6.45, 7) is 8.60. The number of ether oxygens (including phenoxy) is 4. The van der Waals surface area contributed by atoms with Gasteiger partial charge in [-0.15, -0.1) is 11.3 Å². The van der Waals surface area contributed by atoms with Crippen LogP contribution < -0.4 is 9.80 Å². The zero-order valence-corrected chi connectivity index (χ0v) is 31.4. The molecule has 258 valence electrons. The third-order valence-corrected chi connectivity index (χ3v) is 13.3. The lowest BCUT2D eigenvalue weighted by molar-refractivity contribution is 0.00206. The first-order valence-electron chi connectivity index (χ1n) is 16.7. The number of thiazole rings is 1. The van der Waals surface area contributed by atoms with Gasteiger partial charge < -0.3 is 28.7 Å². The average molecular weight is 736 g/mol. The van der Waals surface area contributed by atoms with Crippen LogP contribution in [0.2, 0.25) is 0 Å². The molecule has 12 heteroatoms. The van der Waals surface area contributed by atoms with Crippen LogP contribution in [-0.4, -0.2) is 130 Å². The van der Waals surface area contributed by atoms with Gasteiger partial charge in [0.25, 0.3) is 0 Å². The van der Waals surface area contributed by atoms with Gasteiger partial charge in [0.2, 0.25) is 0 Å². The minimum Gasteiger partial charge on any atom is -0.377 e. The Hall–Kier alpha value is -1.09. The standard InChI is InChI=1S/C35H49N3O4S5/c1-4-31(38-11-21-43-23-25-45-27-28-46-26-24-44-22-12-38)5-2-30(1)3-8-35-36-33-7-6-32(29-34(33)47-35)37-9-13-39-15-17-41-19-20-42-18-16-40-14-10-37/h1-8,29H,9-28H2/b8-3+. The van der Waals surface area contributed by atoms with Crippen molar-refractivity contribution in [3.8, 4) is 0 Å². The molecule has 2 fully saturated rings. The van der Waals surface area contributed by atoms with E-state index in [-0.39, 0.29) is 0 Å². The summed E-state index contributed by atoms with van der Waals surface area (Å²) in [5.74, 6) is 10.0. The van der Waals surface area contributed by atoms with Gasteiger partial charge in [0, 0.05) is 83.6 Å². The number of hydrogen-bond donors (Lipinski definition) is 0. The second-order valence-corrected chi connectivity index (χ2v) is 17.0. The minimum absolute atomic E-state index is 0.586. The molecule has 2 saturated heterocycles. The number of hydrogen-bond acceptors (Lipinski definition) is 12. The molecule has 7 nitrogen and oxygen atoms in total. The first kappa shape index (κ1) is 37.2. The Kier molecular flexibility index (Phi) is 17.9. The molecule has 0 aliphatic carbocycles. The molecule has 0 radical (unpaired) electrons. The van der Waals surface area contributed by atoms with Crippen molar-refractivity contribution >= 4 is 92.1 Å². The van der Waals surface area contributed by atoms with Gasteiger partial charge in [-0.05, 0) is 42.0 Å². The van der Waals surface area contributed by atoms with Crippen LogP contribution in [0.1, 0.15) is 10.6 Å². The van der Waals surface area contributed by atoms with Crippen molar-refractivity contribution in [1.82, 2.24) is 4.98 Å². The van der Waals surface area contributed by atoms with Gasteiger partial charge in [0.15, 0.2) is 0 Å². The second kappa shape index (κ2) is 22.6. The number of anilines is 2. The molecule has 0 atom stereocenters. The van der Waals surface area contributed by atoms with Crippen LogP contribution in [0.5, 0.6) is 0 Å². The Morgan fingerprint density at radius 2 is 1.00 bits per heavy atom. The molecule has 1 aromatic heterocycles. The van der Waals surface area contributed by atoms with E-state index in [9.17, 15) is 0 Å². The summed E-state index contributed by atoms with van der Waals surface area (Å²) in [5, 5.41) is 1.01. The number of aromatic nitrogens is 1. The number of fused-ring (bicyclic) bond motifs is 1. The molecule has 3 aromatic rings. The van der Waals surface area contributed by atoms with Crippen molar-refractivity contribution in [2.24, 2.45) is 0 Å². The Balaban J connectivity index is 1.17. The van der Waals surface area contributed by atoms with Crippen LogP contribution in [0.15, 0.2) is 42.5 Å². The first-order valence-corrected chi connectivity index (χ1v) is 22.1. The Morgan fingerprint density at radius 1 is 0.511 bits per heavy atom. The average Bonchev–Trinajstić information content (AvgIpc) is 3.50. The van der Waals surface area contributed by atoms with E-state index in [1.165, 1.54) is 62.0 Å². The summed E-state index contributed by atoms with van der Waals surface area (Å²) < 4.78 is 24.0. The Bertz CT molecular complexity index is 1280. The van der Waals surface area contributed by atoms with Gasteiger partial charge in [-0.2, -0.15) is 47.0 Å². The van der Waals surface area contributed by atoms with E-state index in [1.807, 2.05) is 0 Å². The van der Waals surface area contributed by atoms with Crippen molar-refractivity contribution in [2.45, 2.75) is 0 Å². The summed E-state index contributed by atoms with van der Waals surface area (Å²) >= 11 is 10.1. The third kappa shape index (κ3) is 14.0. The maximum absolute atomic E-state index is 5.84. The van der Waals surface area contributed by atoms with E-state index in [0.717, 1.165) is 42.4 Å². The molecular weight excluding hydrogens is 687 g/mol. The van der Waals surface area contributed by atoms with Crippen LogP contribution in [0, 0.1) is 0 Å². The van der Waals surface area contributed by atoms with Crippen molar-refractivity contribution in [1.29, 1.82) is 0 Å². The highest BCUT2D eigenvalue weighted by Gasteiger charge is 2.11. The highest BCUT2D eigenvalue weighted by molar-refractivity contribution is 8.05. The molecule has 0 bridgehead atoms. The largest absolute Gasteiger partial charge is 0.377 e. The predicted molar refractivity (Wildman–Crippen MR) is 212 cm³/mol. The van der Waals surface area contributed by atoms with Crippen molar-refractivity contribution < 1.29 is 18.9 Å². The Labute approximate surface area is 302 Å². The molecule has 0 saturated carbocycles. The van der Waals surface area contributed by atoms with Crippen LogP contribution in [0.3, 0.4) is 0 Å². The van der Waals surface area contributed by atoms with E-state index in [4.69, 9.17) is 23.9 Å². The van der Waals surface area contributed by atoms with Gasteiger partial charge in [0.1, 0.15) is 5.01 Å². The molecule has 0 unspecified atom stereocenters. The summed E-state index contributed by atoms with van der Waals surface area (Å²) in [6, 6.07) is 15.6. The quantitative estimate of drug-likeness (QED) is 0.276.